The van der Waals surface area contributed by atoms with Crippen LogP contribution in [-0.4, -0.2) is 31.1 Å². The van der Waals surface area contributed by atoms with Gasteiger partial charge in [0.1, 0.15) is 11.6 Å². The maximum Gasteiger partial charge on any atom is 0.257 e. The summed E-state index contributed by atoms with van der Waals surface area (Å²) in [5.74, 6) is -1.07. The van der Waals surface area contributed by atoms with Gasteiger partial charge in [0.05, 0.1) is 11.3 Å². The Labute approximate surface area is 162 Å². The van der Waals surface area contributed by atoms with Crippen LogP contribution in [0.1, 0.15) is 19.4 Å². The number of nitrogens with one attached hydrogen (secondary N) is 3. The molecule has 7 heteroatoms. The number of benzene rings is 2. The largest absolute Gasteiger partial charge is 0.366 e. The van der Waals surface area contributed by atoms with E-state index in [1.54, 1.807) is 12.1 Å². The number of nitrogens with zero attached hydrogens (tertiary/aromatic N) is 1. The van der Waals surface area contributed by atoms with Gasteiger partial charge in [-0.2, -0.15) is 0 Å². The maximum absolute atomic E-state index is 14.7. The zero-order valence-electron chi connectivity index (χ0n) is 15.7. The van der Waals surface area contributed by atoms with Gasteiger partial charge in [0.2, 0.25) is 0 Å². The van der Waals surface area contributed by atoms with Gasteiger partial charge in [0.25, 0.3) is 5.91 Å². The lowest BCUT2D eigenvalue weighted by atomic mass is 10.1. The molecule has 2 unspecified atom stereocenters. The zero-order chi connectivity index (χ0) is 19.8. The van der Waals surface area contributed by atoms with E-state index in [0.29, 0.717) is 28.2 Å². The van der Waals surface area contributed by atoms with Crippen LogP contribution in [0.4, 0.5) is 25.8 Å². The number of halogens is 2. The van der Waals surface area contributed by atoms with Crippen LogP contribution >= 0.6 is 0 Å². The molecule has 1 fully saturated rings. The van der Waals surface area contributed by atoms with Crippen molar-refractivity contribution in [1.29, 1.82) is 0 Å². The van der Waals surface area contributed by atoms with Gasteiger partial charge in [0, 0.05) is 48.3 Å². The van der Waals surface area contributed by atoms with Gasteiger partial charge in [-0.3, -0.25) is 4.79 Å². The summed E-state index contributed by atoms with van der Waals surface area (Å²) in [6, 6.07) is 9.60. The van der Waals surface area contributed by atoms with E-state index in [-0.39, 0.29) is 23.8 Å². The van der Waals surface area contributed by atoms with E-state index in [4.69, 9.17) is 0 Å². The number of carbonyl (C=O) groups excluding carboxylic acids is 1. The summed E-state index contributed by atoms with van der Waals surface area (Å²) >= 11 is 0. The molecule has 3 N–H and O–H groups in total. The molecule has 1 amide bonds. The first-order chi connectivity index (χ1) is 13.4. The van der Waals surface area contributed by atoms with Crippen molar-refractivity contribution in [3.05, 3.63) is 59.8 Å². The molecule has 2 aliphatic rings. The molecule has 4 rings (SSSR count). The first-order valence-electron chi connectivity index (χ1n) is 9.29. The topological polar surface area (TPSA) is 56.4 Å². The molecule has 0 aromatic heterocycles. The second-order valence-electron chi connectivity index (χ2n) is 7.39. The van der Waals surface area contributed by atoms with Crippen LogP contribution in [0.3, 0.4) is 0 Å². The molecule has 0 radical (unpaired) electrons. The van der Waals surface area contributed by atoms with Crippen LogP contribution in [0.2, 0.25) is 0 Å². The molecule has 2 aliphatic heterocycles. The van der Waals surface area contributed by atoms with Crippen molar-refractivity contribution in [3.63, 3.8) is 0 Å². The Morgan fingerprint density at radius 3 is 2.57 bits per heavy atom. The number of fused-ring (bicyclic) bond motifs is 1. The summed E-state index contributed by atoms with van der Waals surface area (Å²) in [6.45, 7) is 5.63. The first-order valence-corrected chi connectivity index (χ1v) is 9.29. The number of hydrogen-bond acceptors (Lipinski definition) is 4. The van der Waals surface area contributed by atoms with E-state index < -0.39 is 5.82 Å². The van der Waals surface area contributed by atoms with Gasteiger partial charge < -0.3 is 20.9 Å². The summed E-state index contributed by atoms with van der Waals surface area (Å²) in [4.78, 5) is 14.2. The van der Waals surface area contributed by atoms with Crippen LogP contribution in [0.15, 0.2) is 42.6 Å². The van der Waals surface area contributed by atoms with Gasteiger partial charge in [-0.05, 0) is 50.2 Å². The van der Waals surface area contributed by atoms with Gasteiger partial charge in [-0.25, -0.2) is 8.78 Å². The van der Waals surface area contributed by atoms with Crippen molar-refractivity contribution in [3.8, 4) is 0 Å². The number of anilines is 3. The summed E-state index contributed by atoms with van der Waals surface area (Å²) in [7, 11) is 0. The fourth-order valence-corrected chi connectivity index (χ4v) is 3.84. The Morgan fingerprint density at radius 1 is 1.11 bits per heavy atom. The number of carbonyl (C=O) groups is 1. The average Bonchev–Trinajstić information content (AvgIpc) is 2.93. The number of piperazine rings is 1. The van der Waals surface area contributed by atoms with Crippen LogP contribution in [0.25, 0.3) is 5.57 Å². The molecule has 146 valence electrons. The van der Waals surface area contributed by atoms with Gasteiger partial charge in [0.15, 0.2) is 0 Å². The first kappa shape index (κ1) is 18.4. The Hall–Kier alpha value is -2.93. The summed E-state index contributed by atoms with van der Waals surface area (Å²) in [6.07, 6.45) is 1.48. The molecule has 2 heterocycles. The molecule has 1 saturated heterocycles. The van der Waals surface area contributed by atoms with Crippen molar-refractivity contribution in [2.75, 3.05) is 28.6 Å². The van der Waals surface area contributed by atoms with Gasteiger partial charge in [-0.15, -0.1) is 0 Å². The highest BCUT2D eigenvalue weighted by Crippen LogP contribution is 2.32. The molecule has 2 aromatic rings. The van der Waals surface area contributed by atoms with E-state index in [1.165, 1.54) is 30.5 Å². The molecule has 0 saturated carbocycles. The Kier molecular flexibility index (Phi) is 4.77. The summed E-state index contributed by atoms with van der Waals surface area (Å²) in [5.41, 5.74) is 2.43. The molecule has 0 bridgehead atoms. The number of hydrogen-bond donors (Lipinski definition) is 3. The lowest BCUT2D eigenvalue weighted by molar-refractivity contribution is -0.110. The third-order valence-corrected chi connectivity index (χ3v) is 4.99. The van der Waals surface area contributed by atoms with E-state index >= 15 is 0 Å². The fourth-order valence-electron chi connectivity index (χ4n) is 3.84. The smallest absolute Gasteiger partial charge is 0.257 e. The van der Waals surface area contributed by atoms with E-state index in [0.717, 1.165) is 13.1 Å². The molecular weight excluding hydrogens is 362 g/mol. The fraction of sp³-hybridized carbons (Fsp3) is 0.286. The van der Waals surface area contributed by atoms with Crippen molar-refractivity contribution in [2.45, 2.75) is 25.9 Å². The molecular formula is C21H22F2N4O. The van der Waals surface area contributed by atoms with Crippen LogP contribution < -0.4 is 20.9 Å². The van der Waals surface area contributed by atoms with E-state index in [1.807, 2.05) is 4.90 Å². The summed E-state index contributed by atoms with van der Waals surface area (Å²) < 4.78 is 28.2. The normalized spacial score (nSPS) is 22.9. The highest BCUT2D eigenvalue weighted by atomic mass is 19.1. The Morgan fingerprint density at radius 2 is 1.86 bits per heavy atom. The quantitative estimate of drug-likeness (QED) is 0.709. The van der Waals surface area contributed by atoms with Crippen LogP contribution in [0, 0.1) is 11.6 Å². The van der Waals surface area contributed by atoms with Crippen LogP contribution in [0.5, 0.6) is 0 Å². The minimum atomic E-state index is -0.420. The molecule has 2 atom stereocenters. The zero-order valence-corrected chi connectivity index (χ0v) is 15.7. The second kappa shape index (κ2) is 7.24. The molecule has 28 heavy (non-hydrogen) atoms. The molecule has 2 aromatic carbocycles. The van der Waals surface area contributed by atoms with Crippen molar-refractivity contribution in [2.24, 2.45) is 0 Å². The van der Waals surface area contributed by atoms with Crippen molar-refractivity contribution in [1.82, 2.24) is 5.32 Å². The third-order valence-electron chi connectivity index (χ3n) is 4.99. The van der Waals surface area contributed by atoms with Gasteiger partial charge in [-0.1, -0.05) is 0 Å². The predicted molar refractivity (Wildman–Crippen MR) is 107 cm³/mol. The Bertz CT molecular complexity index is 949. The maximum atomic E-state index is 14.7. The lowest BCUT2D eigenvalue weighted by Gasteiger charge is -2.37. The third kappa shape index (κ3) is 3.57. The van der Waals surface area contributed by atoms with E-state index in [2.05, 4.69) is 29.8 Å². The SMILES string of the molecule is CC1CN(c2ccc(N/C=C3/C(=O)Nc4ccc(F)cc43)cc2F)CC(C)N1. The monoisotopic (exact) mass is 384 g/mol. The average molecular weight is 384 g/mol. The highest BCUT2D eigenvalue weighted by Gasteiger charge is 2.25. The second-order valence-corrected chi connectivity index (χ2v) is 7.39. The van der Waals surface area contributed by atoms with Crippen LogP contribution in [-0.2, 0) is 4.79 Å². The van der Waals surface area contributed by atoms with Crippen molar-refractivity contribution < 1.29 is 13.6 Å². The number of rotatable bonds is 3. The molecule has 5 nitrogen and oxygen atoms in total. The molecule has 0 aliphatic carbocycles. The van der Waals surface area contributed by atoms with Crippen molar-refractivity contribution >= 4 is 28.5 Å². The Balaban J connectivity index is 1.54. The highest BCUT2D eigenvalue weighted by molar-refractivity contribution is 6.31. The summed E-state index contributed by atoms with van der Waals surface area (Å²) in [5, 5.41) is 9.06. The lowest BCUT2D eigenvalue weighted by Crippen LogP contribution is -2.54. The minimum Gasteiger partial charge on any atom is -0.366 e. The predicted octanol–water partition coefficient (Wildman–Crippen LogP) is 3.56. The van der Waals surface area contributed by atoms with Gasteiger partial charge >= 0.3 is 0 Å². The number of amides is 1. The molecule has 0 spiro atoms. The van der Waals surface area contributed by atoms with E-state index in [9.17, 15) is 13.6 Å². The standard InChI is InChI=1S/C21H22F2N4O/c1-12-10-27(11-13(2)25-12)20-6-4-15(8-18(20)23)24-9-17-16-7-14(22)3-5-19(16)26-21(17)28/h3-9,12-13,24-25H,10-11H2,1-2H3,(H,26,28)/b17-9+. The minimum absolute atomic E-state index is 0.284.